The maximum atomic E-state index is 3.33. The molecule has 0 aromatic rings. The van der Waals surface area contributed by atoms with Gasteiger partial charge in [-0.3, -0.25) is 4.90 Å². The van der Waals surface area contributed by atoms with Crippen LogP contribution < -0.4 is 5.32 Å². The standard InChI is InChI=1S/C12H24N2/c1-3-6-14-11-4-5-12(14)8-10(7-11)9-13-2/h10-13H,3-9H2,1-2H3. The summed E-state index contributed by atoms with van der Waals surface area (Å²) >= 11 is 0. The van der Waals surface area contributed by atoms with Crippen LogP contribution in [-0.4, -0.2) is 37.1 Å². The molecular weight excluding hydrogens is 172 g/mol. The minimum Gasteiger partial charge on any atom is -0.319 e. The second-order valence-corrected chi connectivity index (χ2v) is 5.02. The number of hydrogen-bond donors (Lipinski definition) is 1. The summed E-state index contributed by atoms with van der Waals surface area (Å²) in [5.41, 5.74) is 0. The Bertz CT molecular complexity index is 167. The van der Waals surface area contributed by atoms with E-state index >= 15 is 0 Å². The van der Waals surface area contributed by atoms with Crippen LogP contribution in [0.15, 0.2) is 0 Å². The lowest BCUT2D eigenvalue weighted by molar-refractivity contribution is 0.104. The number of nitrogens with one attached hydrogen (secondary N) is 1. The highest BCUT2D eigenvalue weighted by molar-refractivity contribution is 4.95. The summed E-state index contributed by atoms with van der Waals surface area (Å²) in [5.74, 6) is 0.950. The highest BCUT2D eigenvalue weighted by atomic mass is 15.2. The van der Waals surface area contributed by atoms with E-state index in [4.69, 9.17) is 0 Å². The van der Waals surface area contributed by atoms with Crippen molar-refractivity contribution < 1.29 is 0 Å². The first-order valence-corrected chi connectivity index (χ1v) is 6.25. The SMILES string of the molecule is CCCN1C2CCC1CC(CNC)C2. The first kappa shape index (κ1) is 10.4. The molecule has 2 rings (SSSR count). The van der Waals surface area contributed by atoms with Crippen molar-refractivity contribution in [3.05, 3.63) is 0 Å². The third-order valence-electron chi connectivity index (χ3n) is 3.96. The largest absolute Gasteiger partial charge is 0.319 e. The molecule has 2 aliphatic rings. The van der Waals surface area contributed by atoms with Gasteiger partial charge < -0.3 is 5.32 Å². The topological polar surface area (TPSA) is 15.3 Å². The lowest BCUT2D eigenvalue weighted by Gasteiger charge is -2.38. The lowest BCUT2D eigenvalue weighted by atomic mass is 9.90. The van der Waals surface area contributed by atoms with E-state index in [1.54, 1.807) is 0 Å². The van der Waals surface area contributed by atoms with Crippen LogP contribution in [0.1, 0.15) is 39.0 Å². The van der Waals surface area contributed by atoms with Crippen molar-refractivity contribution in [3.63, 3.8) is 0 Å². The summed E-state index contributed by atoms with van der Waals surface area (Å²) in [6.45, 7) is 4.87. The smallest absolute Gasteiger partial charge is 0.0102 e. The molecule has 2 saturated heterocycles. The molecular formula is C12H24N2. The van der Waals surface area contributed by atoms with Crippen LogP contribution >= 0.6 is 0 Å². The highest BCUT2D eigenvalue weighted by Gasteiger charge is 2.39. The van der Waals surface area contributed by atoms with Crippen molar-refractivity contribution in [3.8, 4) is 0 Å². The number of piperidine rings is 1. The van der Waals surface area contributed by atoms with Gasteiger partial charge >= 0.3 is 0 Å². The highest BCUT2D eigenvalue weighted by Crippen LogP contribution is 2.38. The fourth-order valence-electron chi connectivity index (χ4n) is 3.47. The summed E-state index contributed by atoms with van der Waals surface area (Å²) < 4.78 is 0. The van der Waals surface area contributed by atoms with Gasteiger partial charge in [-0.2, -0.15) is 0 Å². The molecule has 0 aromatic carbocycles. The molecule has 2 heteroatoms. The van der Waals surface area contributed by atoms with Gasteiger partial charge in [0.05, 0.1) is 0 Å². The number of fused-ring (bicyclic) bond motifs is 2. The van der Waals surface area contributed by atoms with Crippen molar-refractivity contribution in [2.24, 2.45) is 5.92 Å². The molecule has 2 atom stereocenters. The Balaban J connectivity index is 1.91. The van der Waals surface area contributed by atoms with Crippen LogP contribution in [0.5, 0.6) is 0 Å². The molecule has 2 unspecified atom stereocenters. The zero-order valence-electron chi connectivity index (χ0n) is 9.63. The Labute approximate surface area is 88.1 Å². The third kappa shape index (κ3) is 1.96. The van der Waals surface area contributed by atoms with E-state index in [0.717, 1.165) is 18.0 Å². The van der Waals surface area contributed by atoms with Gasteiger partial charge in [0.15, 0.2) is 0 Å². The molecule has 2 aliphatic heterocycles. The van der Waals surface area contributed by atoms with Gasteiger partial charge in [-0.05, 0) is 58.2 Å². The van der Waals surface area contributed by atoms with Gasteiger partial charge in [-0.25, -0.2) is 0 Å². The molecule has 0 radical (unpaired) electrons. The molecule has 1 N–H and O–H groups in total. The van der Waals surface area contributed by atoms with Gasteiger partial charge in [0, 0.05) is 12.1 Å². The second kappa shape index (κ2) is 4.63. The Morgan fingerprint density at radius 3 is 2.36 bits per heavy atom. The molecule has 2 bridgehead atoms. The third-order valence-corrected chi connectivity index (χ3v) is 3.96. The van der Waals surface area contributed by atoms with Crippen LogP contribution in [0, 0.1) is 5.92 Å². The molecule has 0 saturated carbocycles. The fourth-order valence-corrected chi connectivity index (χ4v) is 3.47. The summed E-state index contributed by atoms with van der Waals surface area (Å²) in [4.78, 5) is 2.78. The predicted molar refractivity (Wildman–Crippen MR) is 60.5 cm³/mol. The van der Waals surface area contributed by atoms with E-state index in [2.05, 4.69) is 24.2 Å². The zero-order chi connectivity index (χ0) is 9.97. The first-order valence-electron chi connectivity index (χ1n) is 6.25. The van der Waals surface area contributed by atoms with E-state index in [9.17, 15) is 0 Å². The van der Waals surface area contributed by atoms with Crippen molar-refractivity contribution in [1.82, 2.24) is 10.2 Å². The second-order valence-electron chi connectivity index (χ2n) is 5.02. The van der Waals surface area contributed by atoms with Crippen LogP contribution in [-0.2, 0) is 0 Å². The molecule has 2 fully saturated rings. The van der Waals surface area contributed by atoms with Crippen LogP contribution in [0.4, 0.5) is 0 Å². The van der Waals surface area contributed by atoms with Crippen molar-refractivity contribution in [2.45, 2.75) is 51.1 Å². The maximum absolute atomic E-state index is 3.33. The summed E-state index contributed by atoms with van der Waals surface area (Å²) in [6, 6.07) is 1.85. The molecule has 2 heterocycles. The summed E-state index contributed by atoms with van der Waals surface area (Å²) in [6.07, 6.45) is 7.13. The molecule has 14 heavy (non-hydrogen) atoms. The van der Waals surface area contributed by atoms with Gasteiger partial charge in [0.25, 0.3) is 0 Å². The maximum Gasteiger partial charge on any atom is 0.0102 e. The predicted octanol–water partition coefficient (Wildman–Crippen LogP) is 1.86. The Kier molecular flexibility index (Phi) is 3.45. The zero-order valence-corrected chi connectivity index (χ0v) is 9.63. The molecule has 82 valence electrons. The fraction of sp³-hybridized carbons (Fsp3) is 1.00. The van der Waals surface area contributed by atoms with Crippen molar-refractivity contribution in [1.29, 1.82) is 0 Å². The van der Waals surface area contributed by atoms with E-state index in [0.29, 0.717) is 0 Å². The molecule has 0 spiro atoms. The van der Waals surface area contributed by atoms with E-state index in [1.165, 1.54) is 45.2 Å². The van der Waals surface area contributed by atoms with E-state index < -0.39 is 0 Å². The summed E-state index contributed by atoms with van der Waals surface area (Å²) in [5, 5.41) is 3.33. The van der Waals surface area contributed by atoms with E-state index in [-0.39, 0.29) is 0 Å². The Hall–Kier alpha value is -0.0800. The molecule has 2 nitrogen and oxygen atoms in total. The number of rotatable bonds is 4. The van der Waals surface area contributed by atoms with Crippen LogP contribution in [0.25, 0.3) is 0 Å². The van der Waals surface area contributed by atoms with Crippen molar-refractivity contribution >= 4 is 0 Å². The average Bonchev–Trinajstić information content (AvgIpc) is 2.44. The van der Waals surface area contributed by atoms with Crippen LogP contribution in [0.2, 0.25) is 0 Å². The quantitative estimate of drug-likeness (QED) is 0.738. The minimum absolute atomic E-state index is 0.923. The van der Waals surface area contributed by atoms with Gasteiger partial charge in [-0.1, -0.05) is 6.92 Å². The Morgan fingerprint density at radius 2 is 1.86 bits per heavy atom. The first-order chi connectivity index (χ1) is 6.85. The van der Waals surface area contributed by atoms with Gasteiger partial charge in [0.2, 0.25) is 0 Å². The van der Waals surface area contributed by atoms with Crippen LogP contribution in [0.3, 0.4) is 0 Å². The van der Waals surface area contributed by atoms with Crippen molar-refractivity contribution in [2.75, 3.05) is 20.1 Å². The Morgan fingerprint density at radius 1 is 1.21 bits per heavy atom. The normalized spacial score (nSPS) is 37.7. The monoisotopic (exact) mass is 196 g/mol. The molecule has 0 amide bonds. The average molecular weight is 196 g/mol. The molecule has 0 aliphatic carbocycles. The molecule has 0 aromatic heterocycles. The van der Waals surface area contributed by atoms with Gasteiger partial charge in [0.1, 0.15) is 0 Å². The summed E-state index contributed by atoms with van der Waals surface area (Å²) in [7, 11) is 2.08. The number of nitrogens with zero attached hydrogens (tertiary/aromatic N) is 1. The van der Waals surface area contributed by atoms with Gasteiger partial charge in [-0.15, -0.1) is 0 Å². The number of hydrogen-bond acceptors (Lipinski definition) is 2. The minimum atomic E-state index is 0.923. The lowest BCUT2D eigenvalue weighted by Crippen LogP contribution is -2.44. The van der Waals surface area contributed by atoms with E-state index in [1.807, 2.05) is 0 Å².